The number of nitrogens with one attached hydrogen (secondary N) is 1. The van der Waals surface area contributed by atoms with Crippen LogP contribution in [-0.2, 0) is 0 Å². The number of H-pyrrole nitrogens is 1. The Labute approximate surface area is 210 Å². The van der Waals surface area contributed by atoms with Crippen LogP contribution in [0.1, 0.15) is 11.4 Å². The summed E-state index contributed by atoms with van der Waals surface area (Å²) in [6.07, 6.45) is 3.98. The van der Waals surface area contributed by atoms with Crippen molar-refractivity contribution >= 4 is 49.9 Å². The Morgan fingerprint density at radius 3 is 2.29 bits per heavy atom. The van der Waals surface area contributed by atoms with Crippen molar-refractivity contribution in [3.63, 3.8) is 0 Å². The second-order valence-corrected chi connectivity index (χ2v) is 9.18. The predicted octanol–water partition coefficient (Wildman–Crippen LogP) is 7.47. The molecule has 6 rings (SSSR count). The quantitative estimate of drug-likeness (QED) is 0.263. The van der Waals surface area contributed by atoms with Crippen LogP contribution in [0.2, 0.25) is 0 Å². The summed E-state index contributed by atoms with van der Waals surface area (Å²) >= 11 is 3.48. The summed E-state index contributed by atoms with van der Waals surface area (Å²) in [5, 5.41) is 1.68. The Kier molecular flexibility index (Phi) is 5.39. The maximum absolute atomic E-state index is 13.6. The first-order chi connectivity index (χ1) is 17.2. The lowest BCUT2D eigenvalue weighted by molar-refractivity contribution is 0.944. The zero-order valence-electron chi connectivity index (χ0n) is 18.7. The van der Waals surface area contributed by atoms with Crippen LogP contribution in [0, 0.1) is 0 Å². The van der Waals surface area contributed by atoms with E-state index in [0.717, 1.165) is 37.9 Å². The van der Waals surface area contributed by atoms with Gasteiger partial charge in [-0.05, 0) is 54.1 Å². The van der Waals surface area contributed by atoms with Crippen LogP contribution in [-0.4, -0.2) is 14.5 Å². The zero-order valence-corrected chi connectivity index (χ0v) is 20.2. The largest absolute Gasteiger partial charge is 0.354 e. The lowest BCUT2D eigenvalue weighted by Gasteiger charge is -2.11. The summed E-state index contributed by atoms with van der Waals surface area (Å²) in [6, 6.07) is 33.7. The third kappa shape index (κ3) is 3.90. The van der Waals surface area contributed by atoms with E-state index in [9.17, 15) is 4.79 Å². The van der Waals surface area contributed by atoms with Gasteiger partial charge in [0.15, 0.2) is 0 Å². The Morgan fingerprint density at radius 1 is 0.771 bits per heavy atom. The predicted molar refractivity (Wildman–Crippen MR) is 148 cm³/mol. The smallest absolute Gasteiger partial charge is 0.266 e. The zero-order chi connectivity index (χ0) is 23.8. The minimum atomic E-state index is -0.107. The number of aromatic amines is 1. The van der Waals surface area contributed by atoms with Crippen LogP contribution >= 0.6 is 15.9 Å². The van der Waals surface area contributed by atoms with Crippen LogP contribution < -0.4 is 5.56 Å². The summed E-state index contributed by atoms with van der Waals surface area (Å²) in [7, 11) is 0. The molecule has 6 aromatic rings. The van der Waals surface area contributed by atoms with Gasteiger partial charge in [0.05, 0.1) is 22.3 Å². The van der Waals surface area contributed by atoms with Crippen LogP contribution in [0.4, 0.5) is 0 Å². The van der Waals surface area contributed by atoms with Gasteiger partial charge in [0, 0.05) is 20.9 Å². The number of nitrogens with zero attached hydrogens (tertiary/aromatic N) is 2. The van der Waals surface area contributed by atoms with Gasteiger partial charge in [0.2, 0.25) is 0 Å². The Hall–Kier alpha value is -4.22. The number of hydrogen-bond donors (Lipinski definition) is 1. The molecule has 0 spiro atoms. The van der Waals surface area contributed by atoms with Gasteiger partial charge >= 0.3 is 0 Å². The molecule has 1 N–H and O–H groups in total. The van der Waals surface area contributed by atoms with E-state index in [-0.39, 0.29) is 5.56 Å². The minimum absolute atomic E-state index is 0.107. The SMILES string of the molecule is O=c1c2cc(Br)ccc2nc(/C=C/c2c(-c3ccccc3)[nH]c3ccccc23)n1-c1ccccc1. The molecule has 2 aromatic heterocycles. The van der Waals surface area contributed by atoms with Crippen molar-refractivity contribution in [2.45, 2.75) is 0 Å². The number of fused-ring (bicyclic) bond motifs is 2. The highest BCUT2D eigenvalue weighted by Crippen LogP contribution is 2.32. The fourth-order valence-electron chi connectivity index (χ4n) is 4.44. The second-order valence-electron chi connectivity index (χ2n) is 8.27. The molecule has 0 aliphatic carbocycles. The van der Waals surface area contributed by atoms with Crippen LogP contribution in [0.3, 0.4) is 0 Å². The molecule has 0 radical (unpaired) electrons. The summed E-state index contributed by atoms with van der Waals surface area (Å²) in [6.45, 7) is 0. The first-order valence-corrected chi connectivity index (χ1v) is 12.1. The molecule has 4 nitrogen and oxygen atoms in total. The molecule has 0 fully saturated rings. The summed E-state index contributed by atoms with van der Waals surface area (Å²) in [5.41, 5.74) is 5.56. The first kappa shape index (κ1) is 21.3. The first-order valence-electron chi connectivity index (χ1n) is 11.3. The van der Waals surface area contributed by atoms with Crippen molar-refractivity contribution in [3.8, 4) is 16.9 Å². The lowest BCUT2D eigenvalue weighted by atomic mass is 10.0. The molecular formula is C30H20BrN3O. The van der Waals surface area contributed by atoms with Crippen molar-refractivity contribution in [3.05, 3.63) is 129 Å². The summed E-state index contributed by atoms with van der Waals surface area (Å²) in [5.74, 6) is 0.570. The van der Waals surface area contributed by atoms with E-state index >= 15 is 0 Å². The average Bonchev–Trinajstić information content (AvgIpc) is 3.27. The number of benzene rings is 4. The van der Waals surface area contributed by atoms with E-state index in [1.165, 1.54) is 0 Å². The molecule has 0 saturated carbocycles. The summed E-state index contributed by atoms with van der Waals surface area (Å²) in [4.78, 5) is 22.1. The van der Waals surface area contributed by atoms with Crippen molar-refractivity contribution in [1.82, 2.24) is 14.5 Å². The second kappa shape index (κ2) is 8.85. The maximum Gasteiger partial charge on any atom is 0.266 e. The van der Waals surface area contributed by atoms with Crippen LogP contribution in [0.15, 0.2) is 112 Å². The molecule has 0 aliphatic heterocycles. The van der Waals surface area contributed by atoms with E-state index < -0.39 is 0 Å². The van der Waals surface area contributed by atoms with Gasteiger partial charge < -0.3 is 4.98 Å². The molecule has 0 aliphatic rings. The highest BCUT2D eigenvalue weighted by molar-refractivity contribution is 9.10. The number of aromatic nitrogens is 3. The van der Waals surface area contributed by atoms with Crippen LogP contribution in [0.25, 0.3) is 50.9 Å². The van der Waals surface area contributed by atoms with Gasteiger partial charge in [-0.15, -0.1) is 0 Å². The average molecular weight is 518 g/mol. The van der Waals surface area contributed by atoms with Gasteiger partial charge in [0.25, 0.3) is 5.56 Å². The van der Waals surface area contributed by atoms with E-state index in [2.05, 4.69) is 45.2 Å². The lowest BCUT2D eigenvalue weighted by Crippen LogP contribution is -2.22. The molecular weight excluding hydrogens is 498 g/mol. The Balaban J connectivity index is 1.59. The monoisotopic (exact) mass is 517 g/mol. The highest BCUT2D eigenvalue weighted by atomic mass is 79.9. The molecule has 0 unspecified atom stereocenters. The normalized spacial score (nSPS) is 11.6. The van der Waals surface area contributed by atoms with Crippen molar-refractivity contribution in [1.29, 1.82) is 0 Å². The van der Waals surface area contributed by atoms with Gasteiger partial charge in [-0.25, -0.2) is 4.98 Å². The number of halogens is 1. The van der Waals surface area contributed by atoms with E-state index in [0.29, 0.717) is 16.7 Å². The molecule has 4 aromatic carbocycles. The Morgan fingerprint density at radius 2 is 1.49 bits per heavy atom. The van der Waals surface area contributed by atoms with E-state index in [1.54, 1.807) is 4.57 Å². The number of para-hydroxylation sites is 2. The number of hydrogen-bond acceptors (Lipinski definition) is 2. The molecule has 0 atom stereocenters. The number of rotatable bonds is 4. The molecule has 5 heteroatoms. The molecule has 0 saturated heterocycles. The molecule has 35 heavy (non-hydrogen) atoms. The molecule has 2 heterocycles. The van der Waals surface area contributed by atoms with E-state index in [1.807, 2.05) is 91.0 Å². The topological polar surface area (TPSA) is 50.7 Å². The van der Waals surface area contributed by atoms with E-state index in [4.69, 9.17) is 4.98 Å². The standard InChI is InChI=1S/C30H20BrN3O/c31-21-15-17-27-25(19-21)30(35)34(22-11-5-2-6-12-22)28(32-27)18-16-24-23-13-7-8-14-26(23)33-29(24)20-9-3-1-4-10-20/h1-19,33H/b18-16+. The van der Waals surface area contributed by atoms with Gasteiger partial charge in [0.1, 0.15) is 5.82 Å². The van der Waals surface area contributed by atoms with Gasteiger partial charge in [-0.1, -0.05) is 82.7 Å². The van der Waals surface area contributed by atoms with Crippen molar-refractivity contribution < 1.29 is 0 Å². The molecule has 0 bridgehead atoms. The summed E-state index contributed by atoms with van der Waals surface area (Å²) < 4.78 is 2.51. The van der Waals surface area contributed by atoms with Crippen molar-refractivity contribution in [2.24, 2.45) is 0 Å². The fraction of sp³-hybridized carbons (Fsp3) is 0. The van der Waals surface area contributed by atoms with Crippen molar-refractivity contribution in [2.75, 3.05) is 0 Å². The van der Waals surface area contributed by atoms with Gasteiger partial charge in [-0.3, -0.25) is 9.36 Å². The molecule has 0 amide bonds. The molecule has 168 valence electrons. The maximum atomic E-state index is 13.6. The fourth-order valence-corrected chi connectivity index (χ4v) is 4.80. The third-order valence-corrected chi connectivity index (χ3v) is 6.57. The minimum Gasteiger partial charge on any atom is -0.354 e. The van der Waals surface area contributed by atoms with Gasteiger partial charge in [-0.2, -0.15) is 0 Å². The third-order valence-electron chi connectivity index (χ3n) is 6.08. The van der Waals surface area contributed by atoms with Crippen LogP contribution in [0.5, 0.6) is 0 Å². The Bertz CT molecular complexity index is 1770. The highest BCUT2D eigenvalue weighted by Gasteiger charge is 2.14.